The summed E-state index contributed by atoms with van der Waals surface area (Å²) >= 11 is 7.22. The fourth-order valence-corrected chi connectivity index (χ4v) is 3.77. The summed E-state index contributed by atoms with van der Waals surface area (Å²) in [6, 6.07) is 11.7. The van der Waals surface area contributed by atoms with Crippen LogP contribution in [0.15, 0.2) is 47.5 Å². The highest BCUT2D eigenvalue weighted by molar-refractivity contribution is 7.16. The zero-order valence-electron chi connectivity index (χ0n) is 14.4. The lowest BCUT2D eigenvalue weighted by Gasteiger charge is -2.03. The summed E-state index contributed by atoms with van der Waals surface area (Å²) < 4.78 is 7.58. The van der Waals surface area contributed by atoms with Crippen molar-refractivity contribution in [2.75, 3.05) is 6.61 Å². The molecule has 1 heterocycles. The molecule has 1 aromatic heterocycles. The number of rotatable bonds is 4. The molecule has 0 bridgehead atoms. The number of ether oxygens (including phenoxy) is 1. The van der Waals surface area contributed by atoms with Crippen molar-refractivity contribution in [1.82, 2.24) is 4.57 Å². The van der Waals surface area contributed by atoms with E-state index in [1.807, 2.05) is 0 Å². The lowest BCUT2D eigenvalue weighted by Crippen LogP contribution is -2.16. The van der Waals surface area contributed by atoms with Crippen LogP contribution in [0.2, 0.25) is 5.02 Å². The van der Waals surface area contributed by atoms with E-state index < -0.39 is 11.9 Å². The Morgan fingerprint density at radius 3 is 2.78 bits per heavy atom. The van der Waals surface area contributed by atoms with Gasteiger partial charge in [0.15, 0.2) is 4.80 Å². The van der Waals surface area contributed by atoms with Gasteiger partial charge in [0.25, 0.3) is 5.91 Å². The van der Waals surface area contributed by atoms with E-state index in [4.69, 9.17) is 22.8 Å². The number of hydrogen-bond donors (Lipinski definition) is 0. The number of esters is 1. The molecule has 5 nitrogen and oxygen atoms in total. The van der Waals surface area contributed by atoms with E-state index in [0.717, 1.165) is 10.2 Å². The normalized spacial score (nSPS) is 11.4. The lowest BCUT2D eigenvalue weighted by molar-refractivity contribution is 0.0526. The van der Waals surface area contributed by atoms with E-state index in [1.165, 1.54) is 11.3 Å². The summed E-state index contributed by atoms with van der Waals surface area (Å²) in [6.45, 7) is 2.30. The van der Waals surface area contributed by atoms with Gasteiger partial charge in [-0.25, -0.2) is 4.79 Å². The van der Waals surface area contributed by atoms with E-state index in [9.17, 15) is 9.59 Å². The maximum Gasteiger partial charge on any atom is 0.338 e. The highest BCUT2D eigenvalue weighted by Crippen LogP contribution is 2.20. The first kappa shape index (κ1) is 18.9. The van der Waals surface area contributed by atoms with Crippen LogP contribution in [0.1, 0.15) is 27.6 Å². The van der Waals surface area contributed by atoms with Crippen molar-refractivity contribution in [3.05, 3.63) is 63.4 Å². The van der Waals surface area contributed by atoms with Crippen LogP contribution in [0.4, 0.5) is 0 Å². The highest BCUT2D eigenvalue weighted by Gasteiger charge is 2.12. The van der Waals surface area contributed by atoms with Gasteiger partial charge in [0.2, 0.25) is 0 Å². The smallest absolute Gasteiger partial charge is 0.338 e. The van der Waals surface area contributed by atoms with Gasteiger partial charge in [-0.15, -0.1) is 6.42 Å². The molecule has 0 aliphatic heterocycles. The van der Waals surface area contributed by atoms with Crippen molar-refractivity contribution >= 4 is 45.0 Å². The van der Waals surface area contributed by atoms with E-state index in [1.54, 1.807) is 54.0 Å². The summed E-state index contributed by atoms with van der Waals surface area (Å²) in [4.78, 5) is 29.1. The molecule has 1 amide bonds. The first-order valence-electron chi connectivity index (χ1n) is 8.12. The van der Waals surface area contributed by atoms with Gasteiger partial charge in [0.1, 0.15) is 0 Å². The number of amides is 1. The van der Waals surface area contributed by atoms with Crippen molar-refractivity contribution < 1.29 is 14.3 Å². The molecule has 3 aromatic rings. The molecular formula is C20H15ClN2O3S. The third-order valence-corrected chi connectivity index (χ3v) is 4.99. The standard InChI is InChI=1S/C20H15ClN2O3S/c1-3-10-23-16-9-8-14(19(25)26-4-2)12-17(16)27-20(23)22-18(24)13-6-5-7-15(21)11-13/h1,5-9,11-12H,4,10H2,2H3. The van der Waals surface area contributed by atoms with E-state index in [-0.39, 0.29) is 6.54 Å². The van der Waals surface area contributed by atoms with Crippen molar-refractivity contribution in [3.8, 4) is 12.3 Å². The van der Waals surface area contributed by atoms with Crippen LogP contribution in [-0.2, 0) is 11.3 Å². The molecule has 0 spiro atoms. The van der Waals surface area contributed by atoms with Crippen LogP contribution >= 0.6 is 22.9 Å². The molecule has 0 aliphatic rings. The maximum absolute atomic E-state index is 12.5. The third-order valence-electron chi connectivity index (χ3n) is 3.71. The predicted octanol–water partition coefficient (Wildman–Crippen LogP) is 3.91. The van der Waals surface area contributed by atoms with Crippen molar-refractivity contribution in [2.45, 2.75) is 13.5 Å². The average Bonchev–Trinajstić information content (AvgIpc) is 2.98. The number of carbonyl (C=O) groups excluding carboxylic acids is 2. The summed E-state index contributed by atoms with van der Waals surface area (Å²) in [5, 5.41) is 0.461. The number of carbonyl (C=O) groups is 2. The molecule has 3 rings (SSSR count). The molecule has 0 saturated heterocycles. The van der Waals surface area contributed by atoms with Crippen LogP contribution in [0.5, 0.6) is 0 Å². The van der Waals surface area contributed by atoms with Gasteiger partial charge >= 0.3 is 5.97 Å². The number of aromatic nitrogens is 1. The first-order chi connectivity index (χ1) is 13.0. The Morgan fingerprint density at radius 1 is 1.26 bits per heavy atom. The molecule has 0 atom stereocenters. The molecule has 136 valence electrons. The molecule has 0 saturated carbocycles. The second-order valence-corrected chi connectivity index (χ2v) is 6.95. The van der Waals surface area contributed by atoms with Gasteiger partial charge in [-0.3, -0.25) is 4.79 Å². The first-order valence-corrected chi connectivity index (χ1v) is 9.31. The Labute approximate surface area is 164 Å². The number of hydrogen-bond acceptors (Lipinski definition) is 4. The number of fused-ring (bicyclic) bond motifs is 1. The Balaban J connectivity index is 2.11. The molecule has 0 fully saturated rings. The molecule has 27 heavy (non-hydrogen) atoms. The molecule has 7 heteroatoms. The molecule has 0 unspecified atom stereocenters. The van der Waals surface area contributed by atoms with Crippen molar-refractivity contribution in [1.29, 1.82) is 0 Å². The Kier molecular flexibility index (Phi) is 5.75. The third kappa shape index (κ3) is 4.11. The number of terminal acetylenes is 1. The zero-order valence-corrected chi connectivity index (χ0v) is 16.0. The quantitative estimate of drug-likeness (QED) is 0.494. The van der Waals surface area contributed by atoms with Crippen LogP contribution < -0.4 is 4.80 Å². The minimum atomic E-state index is -0.416. The topological polar surface area (TPSA) is 60.7 Å². The van der Waals surface area contributed by atoms with E-state index in [2.05, 4.69) is 10.9 Å². The van der Waals surface area contributed by atoms with Gasteiger partial charge in [-0.2, -0.15) is 4.99 Å². The van der Waals surface area contributed by atoms with Crippen LogP contribution in [-0.4, -0.2) is 23.1 Å². The zero-order chi connectivity index (χ0) is 19.4. The molecule has 2 aromatic carbocycles. The number of nitrogens with zero attached hydrogens (tertiary/aromatic N) is 2. The number of thiazole rings is 1. The largest absolute Gasteiger partial charge is 0.462 e. The highest BCUT2D eigenvalue weighted by atomic mass is 35.5. The minimum absolute atomic E-state index is 0.250. The van der Waals surface area contributed by atoms with Gasteiger partial charge in [0, 0.05) is 10.6 Å². The summed E-state index contributed by atoms with van der Waals surface area (Å²) in [5.74, 6) is 1.75. The van der Waals surface area contributed by atoms with Gasteiger partial charge in [0.05, 0.1) is 28.9 Å². The molecule has 0 N–H and O–H groups in total. The van der Waals surface area contributed by atoms with Crippen LogP contribution in [0.25, 0.3) is 10.2 Å². The lowest BCUT2D eigenvalue weighted by atomic mass is 10.2. The summed E-state index contributed by atoms with van der Waals surface area (Å²) in [5.41, 5.74) is 1.62. The minimum Gasteiger partial charge on any atom is -0.462 e. The van der Waals surface area contributed by atoms with Crippen molar-refractivity contribution in [3.63, 3.8) is 0 Å². The predicted molar refractivity (Wildman–Crippen MR) is 106 cm³/mol. The fraction of sp³-hybridized carbons (Fsp3) is 0.150. The van der Waals surface area contributed by atoms with Gasteiger partial charge < -0.3 is 9.30 Å². The van der Waals surface area contributed by atoms with Crippen LogP contribution in [0.3, 0.4) is 0 Å². The Hall–Kier alpha value is -2.88. The molecule has 0 aliphatic carbocycles. The van der Waals surface area contributed by atoms with Gasteiger partial charge in [-0.05, 0) is 43.3 Å². The SMILES string of the molecule is C#CCn1c(=NC(=O)c2cccc(Cl)c2)sc2cc(C(=O)OCC)ccc21. The summed E-state index contributed by atoms with van der Waals surface area (Å²) in [6.07, 6.45) is 5.47. The van der Waals surface area contributed by atoms with E-state index >= 15 is 0 Å². The van der Waals surface area contributed by atoms with Gasteiger partial charge in [-0.1, -0.05) is 34.9 Å². The Morgan fingerprint density at radius 2 is 2.07 bits per heavy atom. The number of halogens is 1. The second-order valence-electron chi connectivity index (χ2n) is 5.51. The van der Waals surface area contributed by atoms with Crippen LogP contribution in [0, 0.1) is 12.3 Å². The number of benzene rings is 2. The molecule has 0 radical (unpaired) electrons. The molecular weight excluding hydrogens is 384 g/mol. The monoisotopic (exact) mass is 398 g/mol. The average molecular weight is 399 g/mol. The second kappa shape index (κ2) is 8.21. The Bertz CT molecular complexity index is 1140. The van der Waals surface area contributed by atoms with Crippen molar-refractivity contribution in [2.24, 2.45) is 4.99 Å². The van der Waals surface area contributed by atoms with E-state index in [0.29, 0.717) is 27.6 Å². The summed E-state index contributed by atoms with van der Waals surface area (Å²) in [7, 11) is 0. The maximum atomic E-state index is 12.5. The fourth-order valence-electron chi connectivity index (χ4n) is 2.52.